The Bertz CT molecular complexity index is 524. The largest absolute Gasteiger partial charge is 0.507 e. The molecule has 1 saturated heterocycles. The van der Waals surface area contributed by atoms with E-state index in [2.05, 4.69) is 17.9 Å². The molecule has 2 atom stereocenters. The zero-order valence-electron chi connectivity index (χ0n) is 13.7. The lowest BCUT2D eigenvalue weighted by molar-refractivity contribution is -0.0644. The van der Waals surface area contributed by atoms with Crippen molar-refractivity contribution in [3.63, 3.8) is 0 Å². The Hall–Kier alpha value is -1.10. The number of piperidine rings is 1. The molecule has 0 saturated carbocycles. The molecule has 0 aromatic heterocycles. The van der Waals surface area contributed by atoms with Crippen molar-refractivity contribution < 1.29 is 9.84 Å². The maximum absolute atomic E-state index is 10.4. The van der Waals surface area contributed by atoms with Crippen molar-refractivity contribution in [3.05, 3.63) is 28.8 Å². The van der Waals surface area contributed by atoms with Gasteiger partial charge in [0.15, 0.2) is 0 Å². The van der Waals surface area contributed by atoms with Crippen LogP contribution in [-0.4, -0.2) is 42.3 Å². The van der Waals surface area contributed by atoms with Crippen molar-refractivity contribution in [2.75, 3.05) is 26.2 Å². The number of nitrogens with zero attached hydrogens (tertiary/aromatic N) is 1. The average Bonchev–Trinajstić information content (AvgIpc) is 2.57. The molecule has 2 heterocycles. The van der Waals surface area contributed by atoms with Gasteiger partial charge in [-0.1, -0.05) is 19.1 Å². The third-order valence-electron chi connectivity index (χ3n) is 5.43. The van der Waals surface area contributed by atoms with Gasteiger partial charge in [0.2, 0.25) is 0 Å². The van der Waals surface area contributed by atoms with E-state index in [0.717, 1.165) is 42.7 Å². The number of aryl methyl sites for hydroxylation is 1. The molecule has 4 heteroatoms. The molecule has 2 unspecified atom stereocenters. The summed E-state index contributed by atoms with van der Waals surface area (Å²) >= 11 is 0. The second-order valence-corrected chi connectivity index (χ2v) is 6.67. The van der Waals surface area contributed by atoms with Gasteiger partial charge in [-0.25, -0.2) is 0 Å². The molecule has 4 nitrogen and oxygen atoms in total. The molecule has 3 rings (SSSR count). The normalized spacial score (nSPS) is 26.9. The molecule has 3 N–H and O–H groups in total. The predicted molar refractivity (Wildman–Crippen MR) is 88.1 cm³/mol. The molecule has 22 heavy (non-hydrogen) atoms. The standard InChI is InChI=1S/C18H28N2O2/c1-3-20-8-6-13(7-9-20)16-10-15-14(17(11-19)22-16)5-4-12(2)18(15)21/h4-5,13,16-17,21H,3,6-11,19H2,1-2H3. The minimum Gasteiger partial charge on any atom is -0.507 e. The molecule has 0 amide bonds. The van der Waals surface area contributed by atoms with Crippen LogP contribution in [0.1, 0.15) is 42.6 Å². The fourth-order valence-corrected chi connectivity index (χ4v) is 3.92. The first-order valence-corrected chi connectivity index (χ1v) is 8.53. The van der Waals surface area contributed by atoms with E-state index in [9.17, 15) is 5.11 Å². The van der Waals surface area contributed by atoms with Crippen molar-refractivity contribution >= 4 is 0 Å². The minimum atomic E-state index is -0.0792. The smallest absolute Gasteiger partial charge is 0.122 e. The summed E-state index contributed by atoms with van der Waals surface area (Å²) in [6.45, 7) is 8.09. The number of hydrogen-bond acceptors (Lipinski definition) is 4. The first kappa shape index (κ1) is 15.8. The fourth-order valence-electron chi connectivity index (χ4n) is 3.92. The highest BCUT2D eigenvalue weighted by Crippen LogP contribution is 2.40. The van der Waals surface area contributed by atoms with E-state index in [1.54, 1.807) is 0 Å². The van der Waals surface area contributed by atoms with E-state index < -0.39 is 0 Å². The molecule has 1 aromatic rings. The van der Waals surface area contributed by atoms with Crippen molar-refractivity contribution in [3.8, 4) is 5.75 Å². The van der Waals surface area contributed by atoms with Gasteiger partial charge < -0.3 is 20.5 Å². The topological polar surface area (TPSA) is 58.7 Å². The zero-order valence-corrected chi connectivity index (χ0v) is 13.7. The molecular formula is C18H28N2O2. The van der Waals surface area contributed by atoms with Crippen molar-refractivity contribution in [1.82, 2.24) is 4.90 Å². The SMILES string of the molecule is CCN1CCC(C2Cc3c(ccc(C)c3O)C(CN)O2)CC1. The van der Waals surface area contributed by atoms with E-state index in [1.165, 1.54) is 12.8 Å². The van der Waals surface area contributed by atoms with Crippen LogP contribution in [0.3, 0.4) is 0 Å². The van der Waals surface area contributed by atoms with E-state index in [0.29, 0.717) is 18.2 Å². The maximum Gasteiger partial charge on any atom is 0.122 e. The minimum absolute atomic E-state index is 0.0792. The first-order chi connectivity index (χ1) is 10.6. The second kappa shape index (κ2) is 6.57. The van der Waals surface area contributed by atoms with Crippen molar-refractivity contribution in [2.24, 2.45) is 11.7 Å². The van der Waals surface area contributed by atoms with E-state index in [4.69, 9.17) is 10.5 Å². The van der Waals surface area contributed by atoms with Gasteiger partial charge in [0, 0.05) is 18.5 Å². The van der Waals surface area contributed by atoms with Gasteiger partial charge in [0.05, 0.1) is 12.2 Å². The molecule has 0 radical (unpaired) electrons. The zero-order chi connectivity index (χ0) is 15.7. The lowest BCUT2D eigenvalue weighted by Gasteiger charge is -2.40. The maximum atomic E-state index is 10.4. The van der Waals surface area contributed by atoms with Gasteiger partial charge >= 0.3 is 0 Å². The lowest BCUT2D eigenvalue weighted by atomic mass is 9.83. The molecule has 0 aliphatic carbocycles. The number of hydrogen-bond donors (Lipinski definition) is 2. The number of nitrogens with two attached hydrogens (primary N) is 1. The number of ether oxygens (including phenoxy) is 1. The molecule has 122 valence electrons. The van der Waals surface area contributed by atoms with Crippen LogP contribution in [0.2, 0.25) is 0 Å². The molecule has 1 aromatic carbocycles. The summed E-state index contributed by atoms with van der Waals surface area (Å²) in [6.07, 6.45) is 3.28. The van der Waals surface area contributed by atoms with Crippen LogP contribution >= 0.6 is 0 Å². The van der Waals surface area contributed by atoms with Crippen LogP contribution in [0.25, 0.3) is 0 Å². The highest BCUT2D eigenvalue weighted by atomic mass is 16.5. The van der Waals surface area contributed by atoms with E-state index in [-0.39, 0.29) is 12.2 Å². The van der Waals surface area contributed by atoms with Crippen LogP contribution in [0, 0.1) is 12.8 Å². The number of benzene rings is 1. The van der Waals surface area contributed by atoms with E-state index in [1.807, 2.05) is 13.0 Å². The van der Waals surface area contributed by atoms with Crippen molar-refractivity contribution in [1.29, 1.82) is 0 Å². The monoisotopic (exact) mass is 304 g/mol. The fraction of sp³-hybridized carbons (Fsp3) is 0.667. The summed E-state index contributed by atoms with van der Waals surface area (Å²) in [4.78, 5) is 2.50. The first-order valence-electron chi connectivity index (χ1n) is 8.53. The third kappa shape index (κ3) is 2.87. The Morgan fingerprint density at radius 1 is 1.32 bits per heavy atom. The summed E-state index contributed by atoms with van der Waals surface area (Å²) in [5.74, 6) is 1.01. The van der Waals surface area contributed by atoms with Gasteiger partial charge in [-0.15, -0.1) is 0 Å². The number of aromatic hydroxyl groups is 1. The van der Waals surface area contributed by atoms with Crippen LogP contribution in [0.4, 0.5) is 0 Å². The van der Waals surface area contributed by atoms with Crippen LogP contribution in [0.5, 0.6) is 5.75 Å². The Balaban J connectivity index is 1.80. The van der Waals surface area contributed by atoms with Gasteiger partial charge in [0.1, 0.15) is 5.75 Å². The molecule has 0 spiro atoms. The Labute approximate surface area is 133 Å². The van der Waals surface area contributed by atoms with Gasteiger partial charge in [-0.3, -0.25) is 0 Å². The molecule has 2 aliphatic heterocycles. The molecule has 1 fully saturated rings. The van der Waals surface area contributed by atoms with Gasteiger partial charge in [0.25, 0.3) is 0 Å². The molecular weight excluding hydrogens is 276 g/mol. The van der Waals surface area contributed by atoms with Crippen molar-refractivity contribution in [2.45, 2.75) is 45.3 Å². The third-order valence-corrected chi connectivity index (χ3v) is 5.43. The number of fused-ring (bicyclic) bond motifs is 1. The summed E-state index contributed by atoms with van der Waals surface area (Å²) in [7, 11) is 0. The predicted octanol–water partition coefficient (Wildman–Crippen LogP) is 2.37. The van der Waals surface area contributed by atoms with Crippen LogP contribution < -0.4 is 5.73 Å². The second-order valence-electron chi connectivity index (χ2n) is 6.67. The highest BCUT2D eigenvalue weighted by Gasteiger charge is 2.35. The molecule has 0 bridgehead atoms. The van der Waals surface area contributed by atoms with Crippen LogP contribution in [0.15, 0.2) is 12.1 Å². The summed E-state index contributed by atoms with van der Waals surface area (Å²) < 4.78 is 6.31. The van der Waals surface area contributed by atoms with Crippen LogP contribution in [-0.2, 0) is 11.2 Å². The number of likely N-dealkylation sites (tertiary alicyclic amines) is 1. The summed E-state index contributed by atoms with van der Waals surface area (Å²) in [5.41, 5.74) is 9.00. The van der Waals surface area contributed by atoms with Gasteiger partial charge in [-0.2, -0.15) is 0 Å². The summed E-state index contributed by atoms with van der Waals surface area (Å²) in [6, 6.07) is 4.03. The lowest BCUT2D eigenvalue weighted by Crippen LogP contribution is -2.42. The molecule has 2 aliphatic rings. The number of phenols is 1. The highest BCUT2D eigenvalue weighted by molar-refractivity contribution is 5.47. The number of rotatable bonds is 3. The average molecular weight is 304 g/mol. The summed E-state index contributed by atoms with van der Waals surface area (Å²) in [5, 5.41) is 10.4. The number of phenolic OH excluding ortho intramolecular Hbond substituents is 1. The quantitative estimate of drug-likeness (QED) is 0.900. The Morgan fingerprint density at radius 2 is 2.05 bits per heavy atom. The Kier molecular flexibility index (Phi) is 4.71. The Morgan fingerprint density at radius 3 is 2.68 bits per heavy atom. The van der Waals surface area contributed by atoms with Gasteiger partial charge in [-0.05, 0) is 56.4 Å². The van der Waals surface area contributed by atoms with E-state index >= 15 is 0 Å².